The number of hydrogen-bond acceptors (Lipinski definition) is 7. The highest BCUT2D eigenvalue weighted by molar-refractivity contribution is 6.04. The summed E-state index contributed by atoms with van der Waals surface area (Å²) in [6, 6.07) is 16.9. The van der Waals surface area contributed by atoms with Crippen molar-refractivity contribution in [2.45, 2.75) is 25.6 Å². The van der Waals surface area contributed by atoms with Crippen molar-refractivity contribution in [2.24, 2.45) is 5.10 Å². The molecule has 0 spiro atoms. The predicted molar refractivity (Wildman–Crippen MR) is 124 cm³/mol. The zero-order chi connectivity index (χ0) is 23.1. The number of rotatable bonds is 5. The van der Waals surface area contributed by atoms with Gasteiger partial charge < -0.3 is 24.1 Å². The first-order chi connectivity index (χ1) is 16.0. The molecule has 0 fully saturated rings. The number of phenolic OH excluding ortho intramolecular Hbond substituents is 1. The lowest BCUT2D eigenvalue weighted by atomic mass is 9.94. The monoisotopic (exact) mass is 446 g/mol. The van der Waals surface area contributed by atoms with E-state index >= 15 is 0 Å². The summed E-state index contributed by atoms with van der Waals surface area (Å²) in [5.74, 6) is 2.91. The van der Waals surface area contributed by atoms with Crippen LogP contribution in [0, 0.1) is 6.92 Å². The van der Waals surface area contributed by atoms with Crippen LogP contribution < -0.4 is 18.9 Å². The molecule has 7 heteroatoms. The minimum atomic E-state index is -0.576. The third kappa shape index (κ3) is 3.50. The lowest BCUT2D eigenvalue weighted by molar-refractivity contribution is -0.0223. The predicted octanol–water partition coefficient (Wildman–Crippen LogP) is 4.97. The molecule has 1 N–H and O–H groups in total. The molecule has 3 aromatic carbocycles. The zero-order valence-corrected chi connectivity index (χ0v) is 19.0. The van der Waals surface area contributed by atoms with Crippen molar-refractivity contribution in [3.05, 3.63) is 76.9 Å². The number of para-hydroxylation sites is 1. The third-order valence-electron chi connectivity index (χ3n) is 6.17. The molecule has 0 aliphatic carbocycles. The summed E-state index contributed by atoms with van der Waals surface area (Å²) in [7, 11) is 4.89. The summed E-state index contributed by atoms with van der Waals surface area (Å²) in [5.41, 5.74) is 4.35. The fourth-order valence-electron chi connectivity index (χ4n) is 4.53. The SMILES string of the molecule is COc1ccc(OC)c([C@@H]2Oc3c(OC)cccc3[C@@H]3CC(c4cc(C)ccc4O)=NN32)c1. The maximum absolute atomic E-state index is 10.6. The fraction of sp³-hybridized carbons (Fsp3) is 0.269. The Kier molecular flexibility index (Phi) is 5.24. The van der Waals surface area contributed by atoms with E-state index in [1.54, 1.807) is 27.4 Å². The number of nitrogens with zero attached hydrogens (tertiary/aromatic N) is 2. The first-order valence-corrected chi connectivity index (χ1v) is 10.7. The van der Waals surface area contributed by atoms with E-state index in [-0.39, 0.29) is 11.8 Å². The number of methoxy groups -OCH3 is 3. The molecular weight excluding hydrogens is 420 g/mol. The van der Waals surface area contributed by atoms with Crippen molar-refractivity contribution < 1.29 is 24.1 Å². The van der Waals surface area contributed by atoms with Crippen LogP contribution in [-0.4, -0.2) is 37.2 Å². The quantitative estimate of drug-likeness (QED) is 0.597. The Balaban J connectivity index is 1.68. The molecule has 0 amide bonds. The standard InChI is InChI=1S/C26H26N2O5/c1-15-8-10-22(29)18(12-15)20-14-21-17-6-5-7-24(32-4)25(17)33-26(28(21)27-20)19-13-16(30-2)9-11-23(19)31-3/h5-13,21,26,29H,14H2,1-4H3/t21-,26-/m0/s1. The Morgan fingerprint density at radius 2 is 1.76 bits per heavy atom. The van der Waals surface area contributed by atoms with Gasteiger partial charge in [0.2, 0.25) is 6.23 Å². The van der Waals surface area contributed by atoms with Gasteiger partial charge >= 0.3 is 0 Å². The number of hydrogen-bond donors (Lipinski definition) is 1. The van der Waals surface area contributed by atoms with Gasteiger partial charge in [-0.2, -0.15) is 5.10 Å². The van der Waals surface area contributed by atoms with Gasteiger partial charge in [0.25, 0.3) is 0 Å². The molecule has 33 heavy (non-hydrogen) atoms. The van der Waals surface area contributed by atoms with E-state index in [9.17, 15) is 5.11 Å². The summed E-state index contributed by atoms with van der Waals surface area (Å²) in [5, 5.41) is 17.4. The minimum absolute atomic E-state index is 0.0975. The number of fused-ring (bicyclic) bond motifs is 3. The molecule has 170 valence electrons. The van der Waals surface area contributed by atoms with E-state index < -0.39 is 6.23 Å². The van der Waals surface area contributed by atoms with Crippen LogP contribution >= 0.6 is 0 Å². The summed E-state index contributed by atoms with van der Waals surface area (Å²) in [6.45, 7) is 2.00. The van der Waals surface area contributed by atoms with Gasteiger partial charge in [0.1, 0.15) is 17.2 Å². The van der Waals surface area contributed by atoms with Crippen molar-refractivity contribution in [1.29, 1.82) is 0 Å². The second kappa shape index (κ2) is 8.24. The minimum Gasteiger partial charge on any atom is -0.507 e. The number of ether oxygens (including phenoxy) is 4. The van der Waals surface area contributed by atoms with Gasteiger partial charge in [-0.05, 0) is 43.3 Å². The first-order valence-electron chi connectivity index (χ1n) is 10.7. The molecule has 0 unspecified atom stereocenters. The smallest absolute Gasteiger partial charge is 0.217 e. The molecule has 0 aromatic heterocycles. The van der Waals surface area contributed by atoms with Crippen molar-refractivity contribution in [1.82, 2.24) is 5.01 Å². The van der Waals surface area contributed by atoms with Crippen LogP contribution in [0.4, 0.5) is 0 Å². The Morgan fingerprint density at radius 1 is 0.939 bits per heavy atom. The number of benzene rings is 3. The Morgan fingerprint density at radius 3 is 2.52 bits per heavy atom. The lowest BCUT2D eigenvalue weighted by Crippen LogP contribution is -2.34. The van der Waals surface area contributed by atoms with Gasteiger partial charge in [-0.25, -0.2) is 5.01 Å². The molecule has 0 saturated carbocycles. The maximum Gasteiger partial charge on any atom is 0.217 e. The van der Waals surface area contributed by atoms with Crippen molar-refractivity contribution >= 4 is 5.71 Å². The maximum atomic E-state index is 10.6. The van der Waals surface area contributed by atoms with Crippen LogP contribution in [0.15, 0.2) is 59.7 Å². The molecule has 7 nitrogen and oxygen atoms in total. The van der Waals surface area contributed by atoms with E-state index in [1.807, 2.05) is 60.5 Å². The van der Waals surface area contributed by atoms with E-state index in [4.69, 9.17) is 24.0 Å². The number of aryl methyl sites for hydroxylation is 1. The van der Waals surface area contributed by atoms with Crippen LogP contribution in [0.1, 0.15) is 40.9 Å². The number of aromatic hydroxyl groups is 1. The lowest BCUT2D eigenvalue weighted by Gasteiger charge is -2.39. The van der Waals surface area contributed by atoms with E-state index in [0.717, 1.165) is 28.0 Å². The summed E-state index contributed by atoms with van der Waals surface area (Å²) >= 11 is 0. The molecule has 2 aliphatic heterocycles. The molecule has 0 saturated heterocycles. The average molecular weight is 447 g/mol. The molecule has 2 heterocycles. The normalized spacial score (nSPS) is 18.7. The van der Waals surface area contributed by atoms with Gasteiger partial charge in [-0.15, -0.1) is 0 Å². The van der Waals surface area contributed by atoms with Crippen LogP contribution in [0.5, 0.6) is 28.7 Å². The van der Waals surface area contributed by atoms with Crippen LogP contribution in [0.2, 0.25) is 0 Å². The van der Waals surface area contributed by atoms with Crippen molar-refractivity contribution in [2.75, 3.05) is 21.3 Å². The van der Waals surface area contributed by atoms with Crippen LogP contribution in [0.25, 0.3) is 0 Å². The summed E-state index contributed by atoms with van der Waals surface area (Å²) in [4.78, 5) is 0. The zero-order valence-electron chi connectivity index (χ0n) is 19.0. The molecule has 3 aromatic rings. The molecule has 2 atom stereocenters. The van der Waals surface area contributed by atoms with Crippen LogP contribution in [0.3, 0.4) is 0 Å². The van der Waals surface area contributed by atoms with Crippen molar-refractivity contribution in [3.63, 3.8) is 0 Å². The highest BCUT2D eigenvalue weighted by Gasteiger charge is 2.43. The average Bonchev–Trinajstić information content (AvgIpc) is 3.29. The molecule has 5 rings (SSSR count). The Labute approximate surface area is 192 Å². The van der Waals surface area contributed by atoms with E-state index in [1.165, 1.54) is 0 Å². The van der Waals surface area contributed by atoms with E-state index in [0.29, 0.717) is 29.4 Å². The number of phenols is 1. The second-order valence-corrected chi connectivity index (χ2v) is 8.12. The second-order valence-electron chi connectivity index (χ2n) is 8.12. The fourth-order valence-corrected chi connectivity index (χ4v) is 4.53. The molecule has 0 radical (unpaired) electrons. The summed E-state index contributed by atoms with van der Waals surface area (Å²) < 4.78 is 23.3. The Bertz CT molecular complexity index is 1240. The van der Waals surface area contributed by atoms with Crippen molar-refractivity contribution in [3.8, 4) is 28.7 Å². The topological polar surface area (TPSA) is 72.8 Å². The molecule has 2 aliphatic rings. The van der Waals surface area contributed by atoms with E-state index in [2.05, 4.69) is 0 Å². The highest BCUT2D eigenvalue weighted by atomic mass is 16.5. The van der Waals surface area contributed by atoms with Crippen LogP contribution in [-0.2, 0) is 0 Å². The Hall–Kier alpha value is -3.87. The first kappa shape index (κ1) is 21.0. The van der Waals surface area contributed by atoms with Gasteiger partial charge in [0.05, 0.1) is 38.6 Å². The molecular formula is C26H26N2O5. The highest BCUT2D eigenvalue weighted by Crippen LogP contribution is 2.52. The largest absolute Gasteiger partial charge is 0.507 e. The van der Waals surface area contributed by atoms with Gasteiger partial charge in [0, 0.05) is 17.5 Å². The number of hydrazone groups is 1. The van der Waals surface area contributed by atoms with Gasteiger partial charge in [0.15, 0.2) is 11.5 Å². The molecule has 0 bridgehead atoms. The van der Waals surface area contributed by atoms with Gasteiger partial charge in [-0.1, -0.05) is 23.8 Å². The van der Waals surface area contributed by atoms with Gasteiger partial charge in [-0.3, -0.25) is 0 Å². The third-order valence-corrected chi connectivity index (χ3v) is 6.17. The summed E-state index contributed by atoms with van der Waals surface area (Å²) in [6.07, 6.45) is 0.0388.